The highest BCUT2D eigenvalue weighted by Crippen LogP contribution is 2.33. The highest BCUT2D eigenvalue weighted by Gasteiger charge is 2.30. The van der Waals surface area contributed by atoms with Crippen molar-refractivity contribution in [1.29, 1.82) is 0 Å². The standard InChI is InChI=1S/C23H20F3N5O4S2/c24-23(25,26)17-4-2-14(3-5-17)19-13-31(30-29-19)18-11-15(10-16(12-18)22(32)33)20-6-7-21(36-20)37(34,35)28-9-1-8-27/h2-7,10-13,28H,1,8-9,27H2,(H,32,33). The Kier molecular flexibility index (Phi) is 7.45. The van der Waals surface area contributed by atoms with Crippen LogP contribution in [-0.4, -0.2) is 47.6 Å². The van der Waals surface area contributed by atoms with Crippen LogP contribution in [0, 0.1) is 0 Å². The van der Waals surface area contributed by atoms with Crippen molar-refractivity contribution in [1.82, 2.24) is 19.7 Å². The molecule has 0 amide bonds. The van der Waals surface area contributed by atoms with Crippen molar-refractivity contribution >= 4 is 27.3 Å². The Morgan fingerprint density at radius 1 is 1.08 bits per heavy atom. The van der Waals surface area contributed by atoms with Gasteiger partial charge in [-0.15, -0.1) is 16.4 Å². The number of carbonyl (C=O) groups is 1. The molecule has 9 nitrogen and oxygen atoms in total. The number of nitrogens with two attached hydrogens (primary N) is 1. The Bertz CT molecular complexity index is 1530. The van der Waals surface area contributed by atoms with E-state index < -0.39 is 27.7 Å². The summed E-state index contributed by atoms with van der Waals surface area (Å²) in [7, 11) is -3.75. The van der Waals surface area contributed by atoms with Crippen LogP contribution in [0.25, 0.3) is 27.4 Å². The Hall–Kier alpha value is -3.59. The summed E-state index contributed by atoms with van der Waals surface area (Å²) in [5.41, 5.74) is 5.97. The maximum Gasteiger partial charge on any atom is 0.416 e. The number of sulfonamides is 1. The van der Waals surface area contributed by atoms with E-state index in [1.54, 1.807) is 12.1 Å². The normalized spacial score (nSPS) is 12.1. The van der Waals surface area contributed by atoms with Crippen molar-refractivity contribution in [3.05, 3.63) is 71.9 Å². The van der Waals surface area contributed by atoms with Gasteiger partial charge in [0.05, 0.1) is 23.0 Å². The summed E-state index contributed by atoms with van der Waals surface area (Å²) in [6.07, 6.45) is -2.53. The van der Waals surface area contributed by atoms with E-state index in [0.717, 1.165) is 23.5 Å². The van der Waals surface area contributed by atoms with E-state index in [2.05, 4.69) is 15.0 Å². The highest BCUT2D eigenvalue weighted by molar-refractivity contribution is 7.91. The average Bonchev–Trinajstić information content (AvgIpc) is 3.54. The van der Waals surface area contributed by atoms with Crippen LogP contribution in [0.15, 0.2) is 65.0 Å². The molecule has 2 heterocycles. The Morgan fingerprint density at radius 2 is 1.81 bits per heavy atom. The van der Waals surface area contributed by atoms with E-state index in [-0.39, 0.29) is 22.0 Å². The molecule has 0 saturated heterocycles. The van der Waals surface area contributed by atoms with E-state index >= 15 is 0 Å². The second-order valence-corrected chi connectivity index (χ2v) is 10.9. The fourth-order valence-electron chi connectivity index (χ4n) is 3.36. The first-order valence-electron chi connectivity index (χ1n) is 10.8. The van der Waals surface area contributed by atoms with Crippen molar-refractivity contribution in [2.24, 2.45) is 5.73 Å². The predicted molar refractivity (Wildman–Crippen MR) is 131 cm³/mol. The summed E-state index contributed by atoms with van der Waals surface area (Å²) in [6.45, 7) is 0.532. The fourth-order valence-corrected chi connectivity index (χ4v) is 5.77. The number of rotatable bonds is 9. The van der Waals surface area contributed by atoms with Gasteiger partial charge in [-0.1, -0.05) is 17.3 Å². The van der Waals surface area contributed by atoms with Gasteiger partial charge in [0.25, 0.3) is 0 Å². The van der Waals surface area contributed by atoms with Crippen LogP contribution in [0.4, 0.5) is 13.2 Å². The molecule has 0 bridgehead atoms. The number of hydrogen-bond acceptors (Lipinski definition) is 7. The third-order valence-corrected chi connectivity index (χ3v) is 8.32. The average molecular weight is 552 g/mol. The molecule has 2 aromatic heterocycles. The molecule has 0 unspecified atom stereocenters. The van der Waals surface area contributed by atoms with Gasteiger partial charge < -0.3 is 10.8 Å². The summed E-state index contributed by atoms with van der Waals surface area (Å²) < 4.78 is 67.4. The largest absolute Gasteiger partial charge is 0.478 e. The van der Waals surface area contributed by atoms with Crippen molar-refractivity contribution in [2.75, 3.05) is 13.1 Å². The van der Waals surface area contributed by atoms with Crippen LogP contribution < -0.4 is 10.5 Å². The van der Waals surface area contributed by atoms with Crippen LogP contribution >= 0.6 is 11.3 Å². The van der Waals surface area contributed by atoms with Crippen LogP contribution in [0.3, 0.4) is 0 Å². The lowest BCUT2D eigenvalue weighted by atomic mass is 10.1. The number of benzene rings is 2. The van der Waals surface area contributed by atoms with E-state index in [1.165, 1.54) is 41.2 Å². The molecule has 0 aliphatic carbocycles. The van der Waals surface area contributed by atoms with Gasteiger partial charge in [0.15, 0.2) is 0 Å². The van der Waals surface area contributed by atoms with Gasteiger partial charge in [0.1, 0.15) is 9.90 Å². The first-order chi connectivity index (χ1) is 17.5. The molecule has 0 aliphatic heterocycles. The minimum Gasteiger partial charge on any atom is -0.478 e. The van der Waals surface area contributed by atoms with Gasteiger partial charge in [0.2, 0.25) is 10.0 Å². The summed E-state index contributed by atoms with van der Waals surface area (Å²) in [5.74, 6) is -1.21. The molecule has 4 N–H and O–H groups in total. The third-order valence-electron chi connectivity index (χ3n) is 5.23. The number of hydrogen-bond donors (Lipinski definition) is 3. The molecule has 0 atom stereocenters. The second-order valence-electron chi connectivity index (χ2n) is 7.86. The number of carboxylic acid groups (broad SMARTS) is 1. The third kappa shape index (κ3) is 6.05. The molecule has 194 valence electrons. The molecule has 0 radical (unpaired) electrons. The number of thiophene rings is 1. The van der Waals surface area contributed by atoms with Crippen molar-refractivity contribution in [3.8, 4) is 27.4 Å². The molecule has 37 heavy (non-hydrogen) atoms. The molecular formula is C23H20F3N5O4S2. The monoisotopic (exact) mass is 551 g/mol. The lowest BCUT2D eigenvalue weighted by molar-refractivity contribution is -0.137. The molecule has 4 aromatic rings. The summed E-state index contributed by atoms with van der Waals surface area (Å²) >= 11 is 0.969. The first kappa shape index (κ1) is 26.5. The number of aromatic nitrogens is 3. The van der Waals surface area contributed by atoms with E-state index in [9.17, 15) is 31.5 Å². The van der Waals surface area contributed by atoms with Crippen molar-refractivity contribution in [3.63, 3.8) is 0 Å². The maximum absolute atomic E-state index is 12.8. The Morgan fingerprint density at radius 3 is 2.46 bits per heavy atom. The van der Waals surface area contributed by atoms with Gasteiger partial charge in [-0.3, -0.25) is 0 Å². The SMILES string of the molecule is NCCCNS(=O)(=O)c1ccc(-c2cc(C(=O)O)cc(-n3cc(-c4ccc(C(F)(F)F)cc4)nn3)c2)s1. The Balaban J connectivity index is 1.66. The zero-order valence-electron chi connectivity index (χ0n) is 18.9. The van der Waals surface area contributed by atoms with Crippen molar-refractivity contribution in [2.45, 2.75) is 16.8 Å². The molecule has 4 rings (SSSR count). The number of aromatic carboxylic acids is 1. The van der Waals surface area contributed by atoms with Crippen molar-refractivity contribution < 1.29 is 31.5 Å². The Labute approximate surface area is 213 Å². The van der Waals surface area contributed by atoms with Crippen LogP contribution in [0.1, 0.15) is 22.3 Å². The maximum atomic E-state index is 12.8. The molecule has 0 fully saturated rings. The lowest BCUT2D eigenvalue weighted by Gasteiger charge is -2.07. The van der Waals surface area contributed by atoms with Crippen LogP contribution in [0.2, 0.25) is 0 Å². The van der Waals surface area contributed by atoms with Gasteiger partial charge in [-0.25, -0.2) is 22.6 Å². The molecule has 0 aliphatic rings. The second kappa shape index (κ2) is 10.4. The van der Waals surface area contributed by atoms with Crippen LogP contribution in [-0.2, 0) is 16.2 Å². The molecule has 0 saturated carbocycles. The lowest BCUT2D eigenvalue weighted by Crippen LogP contribution is -2.25. The smallest absolute Gasteiger partial charge is 0.416 e. The summed E-state index contributed by atoms with van der Waals surface area (Å²) in [6, 6.07) is 11.8. The minimum absolute atomic E-state index is 0.0622. The van der Waals surface area contributed by atoms with Gasteiger partial charge in [0, 0.05) is 17.0 Å². The fraction of sp³-hybridized carbons (Fsp3) is 0.174. The number of nitrogens with zero attached hydrogens (tertiary/aromatic N) is 3. The molecule has 0 spiro atoms. The van der Waals surface area contributed by atoms with Gasteiger partial charge in [-0.2, -0.15) is 13.2 Å². The van der Waals surface area contributed by atoms with E-state index in [4.69, 9.17) is 5.73 Å². The van der Waals surface area contributed by atoms with Gasteiger partial charge in [-0.05, 0) is 61.0 Å². The summed E-state index contributed by atoms with van der Waals surface area (Å²) in [5, 5.41) is 17.6. The van der Waals surface area contributed by atoms with Gasteiger partial charge >= 0.3 is 12.1 Å². The first-order valence-corrected chi connectivity index (χ1v) is 13.1. The minimum atomic E-state index is -4.47. The van der Waals surface area contributed by atoms with E-state index in [0.29, 0.717) is 34.7 Å². The van der Waals surface area contributed by atoms with Crippen LogP contribution in [0.5, 0.6) is 0 Å². The predicted octanol–water partition coefficient (Wildman–Crippen LogP) is 4.01. The number of alkyl halides is 3. The number of halogens is 3. The zero-order valence-corrected chi connectivity index (χ0v) is 20.6. The molecule has 14 heteroatoms. The summed E-state index contributed by atoms with van der Waals surface area (Å²) in [4.78, 5) is 12.3. The molecular weight excluding hydrogens is 531 g/mol. The topological polar surface area (TPSA) is 140 Å². The number of nitrogens with one attached hydrogen (secondary N) is 1. The molecule has 2 aromatic carbocycles. The quantitative estimate of drug-likeness (QED) is 0.267. The van der Waals surface area contributed by atoms with E-state index in [1.807, 2.05) is 0 Å². The number of carboxylic acids is 1. The zero-order chi connectivity index (χ0) is 26.8. The highest BCUT2D eigenvalue weighted by atomic mass is 32.2.